The lowest BCUT2D eigenvalue weighted by Crippen LogP contribution is -2.33. The third-order valence-electron chi connectivity index (χ3n) is 5.06. The van der Waals surface area contributed by atoms with Gasteiger partial charge in [-0.05, 0) is 24.1 Å². The van der Waals surface area contributed by atoms with Crippen molar-refractivity contribution in [3.63, 3.8) is 0 Å². The number of thiazole rings is 1. The summed E-state index contributed by atoms with van der Waals surface area (Å²) in [6.07, 6.45) is 1.68. The number of carbonyl (C=O) groups is 1. The van der Waals surface area contributed by atoms with Crippen molar-refractivity contribution in [1.82, 2.24) is 4.68 Å². The van der Waals surface area contributed by atoms with Gasteiger partial charge in [-0.3, -0.25) is 19.9 Å². The van der Waals surface area contributed by atoms with E-state index in [1.807, 2.05) is 29.6 Å². The molecule has 33 heavy (non-hydrogen) atoms. The topological polar surface area (TPSA) is 93.1 Å². The molecular formula is C24H23N5O3S. The number of hydrogen-bond acceptors (Lipinski definition) is 6. The van der Waals surface area contributed by atoms with Gasteiger partial charge in [-0.1, -0.05) is 38.1 Å². The van der Waals surface area contributed by atoms with Crippen molar-refractivity contribution in [3.05, 3.63) is 87.0 Å². The molecule has 0 bridgehead atoms. The monoisotopic (exact) mass is 461 g/mol. The number of nitro groups is 1. The number of aromatic nitrogens is 1. The first-order valence-corrected chi connectivity index (χ1v) is 11.4. The van der Waals surface area contributed by atoms with Crippen LogP contribution in [-0.2, 0) is 4.79 Å². The van der Waals surface area contributed by atoms with E-state index in [-0.39, 0.29) is 11.6 Å². The highest BCUT2D eigenvalue weighted by atomic mass is 32.1. The van der Waals surface area contributed by atoms with Crippen LogP contribution in [0.1, 0.15) is 19.4 Å². The quantitative estimate of drug-likeness (QED) is 0.295. The number of hydrogen-bond donors (Lipinski definition) is 0. The number of nitrogens with zero attached hydrogens (tertiary/aromatic N) is 5. The first-order valence-electron chi connectivity index (χ1n) is 10.5. The lowest BCUT2D eigenvalue weighted by Gasteiger charge is -2.18. The molecule has 1 aliphatic heterocycles. The minimum atomic E-state index is -0.437. The number of amides is 1. The normalized spacial score (nSPS) is 14.9. The van der Waals surface area contributed by atoms with Crippen molar-refractivity contribution < 1.29 is 9.72 Å². The highest BCUT2D eigenvalue weighted by Crippen LogP contribution is 2.31. The summed E-state index contributed by atoms with van der Waals surface area (Å²) in [5.74, 6) is 0.136. The molecule has 1 aliphatic rings. The molecule has 3 aromatic rings. The maximum Gasteiger partial charge on any atom is 0.279 e. The summed E-state index contributed by atoms with van der Waals surface area (Å²) >= 11 is 1.38. The largest absolute Gasteiger partial charge is 0.306 e. The Labute approximate surface area is 195 Å². The molecule has 0 spiro atoms. The number of fused-ring (bicyclic) bond motifs is 1. The zero-order valence-electron chi connectivity index (χ0n) is 18.3. The van der Waals surface area contributed by atoms with Gasteiger partial charge >= 0.3 is 0 Å². The Morgan fingerprint density at radius 2 is 1.91 bits per heavy atom. The average Bonchev–Trinajstić information content (AvgIpc) is 3.32. The van der Waals surface area contributed by atoms with E-state index in [0.717, 1.165) is 16.8 Å². The van der Waals surface area contributed by atoms with E-state index in [1.54, 1.807) is 27.8 Å². The van der Waals surface area contributed by atoms with Gasteiger partial charge in [0.25, 0.3) is 11.6 Å². The molecule has 2 heterocycles. The number of nitro benzene ring substituents is 1. The lowest BCUT2D eigenvalue weighted by molar-refractivity contribution is -0.384. The lowest BCUT2D eigenvalue weighted by atomic mass is 10.1. The standard InChI is InChI=1S/C24H23N5O3S/c1-4-13-25-24-28(21(15-33-24)17-9-11-18(12-10-17)29(31)32)26-22-19-7-5-6-8-20(19)27(23(22)30)14-16(2)3/h4-12,15-16H,1,13-14H2,2-3H3. The van der Waals surface area contributed by atoms with Crippen molar-refractivity contribution in [2.45, 2.75) is 13.8 Å². The minimum Gasteiger partial charge on any atom is -0.306 e. The average molecular weight is 462 g/mol. The van der Waals surface area contributed by atoms with Crippen molar-refractivity contribution in [2.24, 2.45) is 16.0 Å². The van der Waals surface area contributed by atoms with E-state index in [2.05, 4.69) is 25.4 Å². The molecule has 0 aliphatic carbocycles. The maximum atomic E-state index is 13.4. The fourth-order valence-corrected chi connectivity index (χ4v) is 4.44. The van der Waals surface area contributed by atoms with Gasteiger partial charge < -0.3 is 4.90 Å². The number of rotatable bonds is 7. The number of anilines is 1. The molecule has 0 saturated heterocycles. The van der Waals surface area contributed by atoms with Crippen LogP contribution in [0.15, 0.2) is 76.7 Å². The van der Waals surface area contributed by atoms with Gasteiger partial charge in [0, 0.05) is 35.2 Å². The molecule has 1 amide bonds. The fourth-order valence-electron chi connectivity index (χ4n) is 3.60. The Kier molecular flexibility index (Phi) is 6.32. The van der Waals surface area contributed by atoms with Crippen LogP contribution in [-0.4, -0.2) is 34.3 Å². The summed E-state index contributed by atoms with van der Waals surface area (Å²) in [5.41, 5.74) is 3.38. The van der Waals surface area contributed by atoms with Crippen LogP contribution >= 0.6 is 11.3 Å². The van der Waals surface area contributed by atoms with Gasteiger partial charge in [-0.25, -0.2) is 4.68 Å². The Morgan fingerprint density at radius 1 is 1.18 bits per heavy atom. The molecule has 8 nitrogen and oxygen atoms in total. The van der Waals surface area contributed by atoms with Gasteiger partial charge in [-0.15, -0.1) is 17.9 Å². The molecule has 168 valence electrons. The first-order chi connectivity index (χ1) is 15.9. The number of carbonyl (C=O) groups excluding carboxylic acids is 1. The zero-order chi connectivity index (χ0) is 23.5. The number of non-ortho nitro benzene ring substituents is 1. The van der Waals surface area contributed by atoms with E-state index in [9.17, 15) is 14.9 Å². The third kappa shape index (κ3) is 4.40. The summed E-state index contributed by atoms with van der Waals surface area (Å²) in [6.45, 7) is 8.84. The Bertz CT molecular complexity index is 1320. The molecule has 0 radical (unpaired) electrons. The highest BCUT2D eigenvalue weighted by Gasteiger charge is 2.34. The van der Waals surface area contributed by atoms with Crippen LogP contribution in [0, 0.1) is 16.0 Å². The van der Waals surface area contributed by atoms with Crippen molar-refractivity contribution in [2.75, 3.05) is 18.0 Å². The number of benzene rings is 2. The second kappa shape index (κ2) is 9.33. The summed E-state index contributed by atoms with van der Waals surface area (Å²) < 4.78 is 1.64. The summed E-state index contributed by atoms with van der Waals surface area (Å²) in [7, 11) is 0. The van der Waals surface area contributed by atoms with Crippen LogP contribution in [0.5, 0.6) is 0 Å². The molecule has 0 N–H and O–H groups in total. The minimum absolute atomic E-state index is 0.00707. The van der Waals surface area contributed by atoms with E-state index >= 15 is 0 Å². The van der Waals surface area contributed by atoms with Gasteiger partial charge in [0.1, 0.15) is 0 Å². The predicted octanol–water partition coefficient (Wildman–Crippen LogP) is 4.47. The van der Waals surface area contributed by atoms with Crippen LogP contribution < -0.4 is 9.70 Å². The van der Waals surface area contributed by atoms with E-state index in [1.165, 1.54) is 23.5 Å². The van der Waals surface area contributed by atoms with Crippen LogP contribution in [0.25, 0.3) is 11.3 Å². The smallest absolute Gasteiger partial charge is 0.279 e. The molecule has 9 heteroatoms. The van der Waals surface area contributed by atoms with Gasteiger partial charge in [-0.2, -0.15) is 5.10 Å². The summed E-state index contributed by atoms with van der Waals surface area (Å²) in [4.78, 5) is 30.9. The zero-order valence-corrected chi connectivity index (χ0v) is 19.2. The Hall–Kier alpha value is -3.85. The molecule has 0 saturated carbocycles. The summed E-state index contributed by atoms with van der Waals surface area (Å²) in [6, 6.07) is 13.9. The van der Waals surface area contributed by atoms with Crippen molar-refractivity contribution in [1.29, 1.82) is 0 Å². The molecular weight excluding hydrogens is 438 g/mol. The summed E-state index contributed by atoms with van der Waals surface area (Å²) in [5, 5.41) is 17.7. The van der Waals surface area contributed by atoms with Gasteiger partial charge in [0.05, 0.1) is 22.8 Å². The predicted molar refractivity (Wildman–Crippen MR) is 131 cm³/mol. The number of para-hydroxylation sites is 1. The van der Waals surface area contributed by atoms with Gasteiger partial charge in [0.2, 0.25) is 4.80 Å². The molecule has 4 rings (SSSR count). The van der Waals surface area contributed by atoms with Crippen LogP contribution in [0.4, 0.5) is 11.4 Å². The maximum absolute atomic E-state index is 13.4. The van der Waals surface area contributed by atoms with Crippen molar-refractivity contribution in [3.8, 4) is 11.3 Å². The van der Waals surface area contributed by atoms with E-state index in [0.29, 0.717) is 35.2 Å². The SMILES string of the molecule is C=CCN=c1scc(-c2ccc([N+](=O)[O-])cc2)n1N=C1C(=O)N(CC(C)C)c2ccccc21. The van der Waals surface area contributed by atoms with Gasteiger partial charge in [0.15, 0.2) is 5.71 Å². The molecule has 1 aromatic heterocycles. The van der Waals surface area contributed by atoms with Crippen molar-refractivity contribution >= 4 is 34.3 Å². The van der Waals surface area contributed by atoms with Crippen LogP contribution in [0.2, 0.25) is 0 Å². The fraction of sp³-hybridized carbons (Fsp3) is 0.208. The second-order valence-corrected chi connectivity index (χ2v) is 8.76. The molecule has 0 fully saturated rings. The molecule has 2 aromatic carbocycles. The molecule has 0 atom stereocenters. The Morgan fingerprint density at radius 3 is 2.58 bits per heavy atom. The third-order valence-corrected chi connectivity index (χ3v) is 5.91. The van der Waals surface area contributed by atoms with E-state index in [4.69, 9.17) is 5.10 Å². The highest BCUT2D eigenvalue weighted by molar-refractivity contribution is 7.07. The second-order valence-electron chi connectivity index (χ2n) is 7.92. The Balaban J connectivity index is 1.88. The first kappa shape index (κ1) is 22.3. The molecule has 0 unspecified atom stereocenters. The van der Waals surface area contributed by atoms with Crippen LogP contribution in [0.3, 0.4) is 0 Å². The van der Waals surface area contributed by atoms with E-state index < -0.39 is 4.92 Å².